The molecule has 9 heteroatoms. The number of nitrogens with one attached hydrogen (secondary N) is 1. The molecule has 1 aromatic carbocycles. The van der Waals surface area contributed by atoms with E-state index in [0.29, 0.717) is 17.8 Å². The number of hydrogen-bond donors (Lipinski definition) is 2. The molecule has 0 spiro atoms. The normalized spacial score (nSPS) is 17.9. The van der Waals surface area contributed by atoms with E-state index in [0.717, 1.165) is 32.1 Å². The summed E-state index contributed by atoms with van der Waals surface area (Å²) in [6.07, 6.45) is 8.97. The second-order valence-corrected chi connectivity index (χ2v) is 9.40. The Balaban J connectivity index is 1.19. The number of piperidine rings is 2. The molecule has 3 N–H and O–H groups in total. The SMILES string of the molecule is CCOC(=O)c1cnn(-c2ccc(C(=O)NCCCN3CCC(N4CCCCC4)CC3)cc2)c1N. The lowest BCUT2D eigenvalue weighted by atomic mass is 10.00. The van der Waals surface area contributed by atoms with Crippen LogP contribution in [-0.2, 0) is 4.74 Å². The van der Waals surface area contributed by atoms with Gasteiger partial charge in [-0.25, -0.2) is 9.48 Å². The van der Waals surface area contributed by atoms with E-state index in [-0.39, 0.29) is 23.9 Å². The summed E-state index contributed by atoms with van der Waals surface area (Å²) in [7, 11) is 0. The number of ether oxygens (including phenoxy) is 1. The van der Waals surface area contributed by atoms with E-state index >= 15 is 0 Å². The number of carbonyl (C=O) groups is 2. The van der Waals surface area contributed by atoms with Crippen LogP contribution in [0.1, 0.15) is 66.2 Å². The van der Waals surface area contributed by atoms with Crippen molar-refractivity contribution in [3.63, 3.8) is 0 Å². The Morgan fingerprint density at radius 1 is 1.09 bits per heavy atom. The summed E-state index contributed by atoms with van der Waals surface area (Å²) in [6, 6.07) is 7.77. The smallest absolute Gasteiger partial charge is 0.343 e. The van der Waals surface area contributed by atoms with Crippen LogP contribution in [-0.4, -0.2) is 83.4 Å². The minimum absolute atomic E-state index is 0.0963. The molecule has 3 heterocycles. The second-order valence-electron chi connectivity index (χ2n) is 9.40. The Kier molecular flexibility index (Phi) is 8.76. The van der Waals surface area contributed by atoms with Gasteiger partial charge in [-0.1, -0.05) is 6.42 Å². The van der Waals surface area contributed by atoms with Gasteiger partial charge in [0.25, 0.3) is 5.91 Å². The molecular formula is C26H38N6O3. The number of hydrogen-bond acceptors (Lipinski definition) is 7. The molecule has 35 heavy (non-hydrogen) atoms. The maximum absolute atomic E-state index is 12.6. The zero-order valence-electron chi connectivity index (χ0n) is 20.7. The van der Waals surface area contributed by atoms with Gasteiger partial charge < -0.3 is 25.6 Å². The van der Waals surface area contributed by atoms with Crippen molar-refractivity contribution in [1.29, 1.82) is 0 Å². The maximum atomic E-state index is 12.6. The summed E-state index contributed by atoms with van der Waals surface area (Å²) < 4.78 is 6.45. The fourth-order valence-corrected chi connectivity index (χ4v) is 5.08. The molecule has 0 radical (unpaired) electrons. The lowest BCUT2D eigenvalue weighted by Crippen LogP contribution is -2.47. The predicted octanol–water partition coefficient (Wildman–Crippen LogP) is 2.70. The van der Waals surface area contributed by atoms with Crippen molar-refractivity contribution < 1.29 is 14.3 Å². The van der Waals surface area contributed by atoms with Crippen LogP contribution in [0.3, 0.4) is 0 Å². The average molecular weight is 483 g/mol. The second kappa shape index (κ2) is 12.2. The largest absolute Gasteiger partial charge is 0.462 e. The monoisotopic (exact) mass is 482 g/mol. The highest BCUT2D eigenvalue weighted by Gasteiger charge is 2.25. The number of benzene rings is 1. The van der Waals surface area contributed by atoms with Crippen LogP contribution in [0.2, 0.25) is 0 Å². The Labute approximate surface area is 207 Å². The van der Waals surface area contributed by atoms with Crippen molar-refractivity contribution in [3.05, 3.63) is 41.6 Å². The molecule has 2 fully saturated rings. The van der Waals surface area contributed by atoms with Gasteiger partial charge >= 0.3 is 5.97 Å². The molecule has 1 amide bonds. The first-order valence-electron chi connectivity index (χ1n) is 12.9. The third kappa shape index (κ3) is 6.41. The molecule has 0 saturated carbocycles. The van der Waals surface area contributed by atoms with Gasteiger partial charge in [0, 0.05) is 18.2 Å². The van der Waals surface area contributed by atoms with Crippen LogP contribution in [0.5, 0.6) is 0 Å². The molecule has 0 bridgehead atoms. The Bertz CT molecular complexity index is 975. The highest BCUT2D eigenvalue weighted by atomic mass is 16.5. The molecule has 0 aliphatic carbocycles. The number of amides is 1. The maximum Gasteiger partial charge on any atom is 0.343 e. The van der Waals surface area contributed by atoms with E-state index < -0.39 is 5.97 Å². The molecule has 2 aliphatic heterocycles. The van der Waals surface area contributed by atoms with Gasteiger partial charge in [0.1, 0.15) is 11.4 Å². The molecule has 4 rings (SSSR count). The summed E-state index contributed by atoms with van der Waals surface area (Å²) >= 11 is 0. The zero-order chi connectivity index (χ0) is 24.6. The Hall–Kier alpha value is -2.91. The third-order valence-electron chi connectivity index (χ3n) is 7.08. The summed E-state index contributed by atoms with van der Waals surface area (Å²) in [5, 5.41) is 7.20. The number of rotatable bonds is 9. The number of nitrogens with zero attached hydrogens (tertiary/aromatic N) is 4. The average Bonchev–Trinajstić information content (AvgIpc) is 3.29. The van der Waals surface area contributed by atoms with Crippen molar-refractivity contribution in [3.8, 4) is 5.69 Å². The van der Waals surface area contributed by atoms with Gasteiger partial charge in [0.05, 0.1) is 18.5 Å². The molecule has 2 saturated heterocycles. The summed E-state index contributed by atoms with van der Waals surface area (Å²) in [6.45, 7) is 8.56. The van der Waals surface area contributed by atoms with Crippen LogP contribution in [0.4, 0.5) is 5.82 Å². The first kappa shape index (κ1) is 25.2. The molecule has 190 valence electrons. The van der Waals surface area contributed by atoms with Crippen LogP contribution < -0.4 is 11.1 Å². The first-order valence-corrected chi connectivity index (χ1v) is 12.9. The molecule has 0 unspecified atom stereocenters. The fourth-order valence-electron chi connectivity index (χ4n) is 5.08. The lowest BCUT2D eigenvalue weighted by Gasteiger charge is -2.40. The van der Waals surface area contributed by atoms with Gasteiger partial charge in [0.2, 0.25) is 0 Å². The first-order chi connectivity index (χ1) is 17.1. The van der Waals surface area contributed by atoms with E-state index in [1.54, 1.807) is 31.2 Å². The summed E-state index contributed by atoms with van der Waals surface area (Å²) in [5.74, 6) is -0.389. The molecule has 1 aromatic heterocycles. The van der Waals surface area contributed by atoms with E-state index in [9.17, 15) is 9.59 Å². The highest BCUT2D eigenvalue weighted by molar-refractivity contribution is 5.95. The zero-order valence-corrected chi connectivity index (χ0v) is 20.7. The van der Waals surface area contributed by atoms with Crippen molar-refractivity contribution in [2.24, 2.45) is 0 Å². The molecule has 9 nitrogen and oxygen atoms in total. The van der Waals surface area contributed by atoms with Crippen LogP contribution in [0, 0.1) is 0 Å². The topological polar surface area (TPSA) is 106 Å². The number of aromatic nitrogens is 2. The minimum Gasteiger partial charge on any atom is -0.462 e. The summed E-state index contributed by atoms with van der Waals surface area (Å²) in [4.78, 5) is 29.7. The van der Waals surface area contributed by atoms with Gasteiger partial charge in [0.15, 0.2) is 0 Å². The Morgan fingerprint density at radius 2 is 1.80 bits per heavy atom. The number of anilines is 1. The van der Waals surface area contributed by atoms with Crippen LogP contribution in [0.15, 0.2) is 30.5 Å². The van der Waals surface area contributed by atoms with Crippen molar-refractivity contribution >= 4 is 17.7 Å². The standard InChI is InChI=1S/C26H38N6O3/c1-2-35-26(34)23-19-29-32(24(23)27)22-9-7-20(8-10-22)25(33)28-13-6-14-30-17-11-21(12-18-30)31-15-4-3-5-16-31/h7-10,19,21H,2-6,11-18,27H2,1H3,(H,28,33). The lowest BCUT2D eigenvalue weighted by molar-refractivity contribution is 0.0527. The molecule has 2 aliphatic rings. The van der Waals surface area contributed by atoms with Crippen LogP contribution in [0.25, 0.3) is 5.69 Å². The number of likely N-dealkylation sites (tertiary alicyclic amines) is 2. The van der Waals surface area contributed by atoms with E-state index in [4.69, 9.17) is 10.5 Å². The van der Waals surface area contributed by atoms with Gasteiger partial charge in [-0.05, 0) is 96.0 Å². The van der Waals surface area contributed by atoms with Crippen LogP contribution >= 0.6 is 0 Å². The summed E-state index contributed by atoms with van der Waals surface area (Å²) in [5.41, 5.74) is 7.54. The Morgan fingerprint density at radius 3 is 2.49 bits per heavy atom. The highest BCUT2D eigenvalue weighted by Crippen LogP contribution is 2.21. The van der Waals surface area contributed by atoms with E-state index in [2.05, 4.69) is 20.2 Å². The predicted molar refractivity (Wildman–Crippen MR) is 136 cm³/mol. The van der Waals surface area contributed by atoms with Gasteiger partial charge in [-0.15, -0.1) is 0 Å². The minimum atomic E-state index is -0.501. The van der Waals surface area contributed by atoms with Crippen molar-refractivity contribution in [2.45, 2.75) is 51.5 Å². The molecule has 2 aromatic rings. The van der Waals surface area contributed by atoms with Gasteiger partial charge in [-0.3, -0.25) is 4.79 Å². The number of nitrogen functional groups attached to an aromatic ring is 1. The van der Waals surface area contributed by atoms with Crippen molar-refractivity contribution in [2.75, 3.05) is 51.6 Å². The quantitative estimate of drug-likeness (QED) is 0.418. The number of esters is 1. The number of nitrogens with two attached hydrogens (primary N) is 1. The van der Waals surface area contributed by atoms with Crippen molar-refractivity contribution in [1.82, 2.24) is 24.9 Å². The molecule has 0 atom stereocenters. The molecular weight excluding hydrogens is 444 g/mol. The third-order valence-corrected chi connectivity index (χ3v) is 7.08. The van der Waals surface area contributed by atoms with Gasteiger partial charge in [-0.2, -0.15) is 5.10 Å². The number of carbonyl (C=O) groups excluding carboxylic acids is 2. The van der Waals surface area contributed by atoms with E-state index in [1.807, 2.05) is 0 Å². The van der Waals surface area contributed by atoms with E-state index in [1.165, 1.54) is 56.1 Å². The fraction of sp³-hybridized carbons (Fsp3) is 0.577.